The number of nitrogens with zero attached hydrogens (tertiary/aromatic N) is 1. The van der Waals surface area contributed by atoms with Crippen LogP contribution in [0.25, 0.3) is 0 Å². The van der Waals surface area contributed by atoms with Crippen LogP contribution < -0.4 is 4.90 Å². The second-order valence-electron chi connectivity index (χ2n) is 5.23. The molecule has 0 amide bonds. The fourth-order valence-electron chi connectivity index (χ4n) is 2.96. The van der Waals surface area contributed by atoms with Gasteiger partial charge in [0.2, 0.25) is 5.78 Å². The first-order valence-corrected chi connectivity index (χ1v) is 6.83. The average molecular weight is 267 g/mol. The summed E-state index contributed by atoms with van der Waals surface area (Å²) < 4.78 is 5.69. The van der Waals surface area contributed by atoms with Crippen molar-refractivity contribution in [3.63, 3.8) is 0 Å². The Labute approximate surface area is 116 Å². The Balaban J connectivity index is 1.85. The average Bonchev–Trinajstić information content (AvgIpc) is 3.13. The summed E-state index contributed by atoms with van der Waals surface area (Å²) in [6, 6.07) is 8.63. The number of rotatable bonds is 1. The minimum absolute atomic E-state index is 0.121. The minimum atomic E-state index is -0.194. The lowest BCUT2D eigenvalue weighted by atomic mass is 9.89. The van der Waals surface area contributed by atoms with Crippen molar-refractivity contribution in [1.29, 1.82) is 0 Å². The molecule has 0 saturated carbocycles. The third-order valence-electron chi connectivity index (χ3n) is 4.00. The first kappa shape index (κ1) is 11.5. The molecular formula is C16H13NO3. The van der Waals surface area contributed by atoms with Crippen LogP contribution in [0.4, 0.5) is 5.88 Å². The third kappa shape index (κ3) is 1.48. The number of hydrogen-bond acceptors (Lipinski definition) is 4. The van der Waals surface area contributed by atoms with E-state index in [9.17, 15) is 9.59 Å². The first-order chi connectivity index (χ1) is 9.75. The molecule has 1 aromatic carbocycles. The molecule has 2 heterocycles. The van der Waals surface area contributed by atoms with Gasteiger partial charge >= 0.3 is 0 Å². The van der Waals surface area contributed by atoms with Crippen molar-refractivity contribution in [2.24, 2.45) is 0 Å². The van der Waals surface area contributed by atoms with Crippen LogP contribution in [0, 0.1) is 0 Å². The number of carbonyl (C=O) groups excluding carboxylic acids is 2. The molecule has 1 aliphatic heterocycles. The molecule has 4 nitrogen and oxygen atoms in total. The third-order valence-corrected chi connectivity index (χ3v) is 4.00. The molecule has 1 aromatic heterocycles. The maximum Gasteiger partial charge on any atom is 0.229 e. The van der Waals surface area contributed by atoms with Crippen LogP contribution >= 0.6 is 0 Å². The van der Waals surface area contributed by atoms with Gasteiger partial charge in [0.1, 0.15) is 0 Å². The summed E-state index contributed by atoms with van der Waals surface area (Å²) in [4.78, 5) is 27.0. The number of benzene rings is 1. The Hall–Kier alpha value is -2.36. The van der Waals surface area contributed by atoms with Gasteiger partial charge in [0, 0.05) is 30.3 Å². The molecule has 4 heteroatoms. The predicted molar refractivity (Wildman–Crippen MR) is 73.5 cm³/mol. The Kier molecular flexibility index (Phi) is 2.33. The Morgan fingerprint density at radius 1 is 0.900 bits per heavy atom. The van der Waals surface area contributed by atoms with Crippen LogP contribution in [0.15, 0.2) is 34.7 Å². The van der Waals surface area contributed by atoms with Gasteiger partial charge in [-0.05, 0) is 12.8 Å². The van der Waals surface area contributed by atoms with E-state index >= 15 is 0 Å². The summed E-state index contributed by atoms with van der Waals surface area (Å²) in [5, 5.41) is 0. The zero-order chi connectivity index (χ0) is 13.7. The van der Waals surface area contributed by atoms with Crippen LogP contribution in [0.2, 0.25) is 0 Å². The van der Waals surface area contributed by atoms with Gasteiger partial charge in [-0.3, -0.25) is 9.59 Å². The number of carbonyl (C=O) groups is 2. The molecule has 1 saturated heterocycles. The van der Waals surface area contributed by atoms with Gasteiger partial charge in [-0.15, -0.1) is 0 Å². The smallest absolute Gasteiger partial charge is 0.229 e. The molecule has 0 spiro atoms. The first-order valence-electron chi connectivity index (χ1n) is 6.83. The second kappa shape index (κ2) is 4.07. The van der Waals surface area contributed by atoms with E-state index < -0.39 is 0 Å². The largest absolute Gasteiger partial charge is 0.436 e. The van der Waals surface area contributed by atoms with E-state index in [0.717, 1.165) is 25.9 Å². The molecule has 20 heavy (non-hydrogen) atoms. The number of ketones is 2. The van der Waals surface area contributed by atoms with E-state index in [2.05, 4.69) is 4.90 Å². The number of anilines is 1. The van der Waals surface area contributed by atoms with Gasteiger partial charge in [-0.25, -0.2) is 0 Å². The molecule has 100 valence electrons. The minimum Gasteiger partial charge on any atom is -0.436 e. The molecule has 0 N–H and O–H groups in total. The highest BCUT2D eigenvalue weighted by atomic mass is 16.4. The molecule has 1 aliphatic carbocycles. The summed E-state index contributed by atoms with van der Waals surface area (Å²) in [5.41, 5.74) is 1.31. The van der Waals surface area contributed by atoms with E-state index in [1.54, 1.807) is 30.3 Å². The lowest BCUT2D eigenvalue weighted by Crippen LogP contribution is -2.18. The van der Waals surface area contributed by atoms with Gasteiger partial charge in [0.25, 0.3) is 0 Å². The van der Waals surface area contributed by atoms with Gasteiger partial charge in [0.05, 0.1) is 5.56 Å². The van der Waals surface area contributed by atoms with Crippen LogP contribution in [0.1, 0.15) is 44.9 Å². The number of furan rings is 1. The summed E-state index contributed by atoms with van der Waals surface area (Å²) in [5.74, 6) is 0.516. The van der Waals surface area contributed by atoms with E-state index in [1.165, 1.54) is 0 Å². The highest BCUT2D eigenvalue weighted by Crippen LogP contribution is 2.33. The standard InChI is InChI=1S/C16H13NO3/c18-14-10-5-1-2-6-11(10)15(19)16-12(14)9-13(20-16)17-7-3-4-8-17/h1-2,5-6,9H,3-4,7-8H2. The Morgan fingerprint density at radius 3 is 2.25 bits per heavy atom. The molecule has 0 bridgehead atoms. The SMILES string of the molecule is O=C1c2ccccc2C(=O)c2oc(N3CCCC3)cc21. The van der Waals surface area contributed by atoms with Crippen LogP contribution in [-0.2, 0) is 0 Å². The fourth-order valence-corrected chi connectivity index (χ4v) is 2.96. The molecule has 0 radical (unpaired) electrons. The summed E-state index contributed by atoms with van der Waals surface area (Å²) >= 11 is 0. The van der Waals surface area contributed by atoms with E-state index in [0.29, 0.717) is 22.6 Å². The monoisotopic (exact) mass is 267 g/mol. The van der Waals surface area contributed by atoms with Crippen molar-refractivity contribution in [2.75, 3.05) is 18.0 Å². The van der Waals surface area contributed by atoms with Crippen molar-refractivity contribution in [3.05, 3.63) is 52.8 Å². The van der Waals surface area contributed by atoms with Crippen molar-refractivity contribution in [1.82, 2.24) is 0 Å². The van der Waals surface area contributed by atoms with E-state index in [-0.39, 0.29) is 17.3 Å². The molecular weight excluding hydrogens is 254 g/mol. The quantitative estimate of drug-likeness (QED) is 0.680. The predicted octanol–water partition coefficient (Wildman–Crippen LogP) is 2.66. The fraction of sp³-hybridized carbons (Fsp3) is 0.250. The maximum absolute atomic E-state index is 12.5. The lowest BCUT2D eigenvalue weighted by Gasteiger charge is -2.13. The van der Waals surface area contributed by atoms with Crippen molar-refractivity contribution >= 4 is 17.5 Å². The molecule has 2 aromatic rings. The van der Waals surface area contributed by atoms with Gasteiger partial charge in [-0.2, -0.15) is 0 Å². The number of hydrogen-bond donors (Lipinski definition) is 0. The summed E-state index contributed by atoms with van der Waals surface area (Å²) in [7, 11) is 0. The topological polar surface area (TPSA) is 50.5 Å². The van der Waals surface area contributed by atoms with Crippen LogP contribution in [0.3, 0.4) is 0 Å². The van der Waals surface area contributed by atoms with Gasteiger partial charge in [-0.1, -0.05) is 24.3 Å². The summed E-state index contributed by atoms with van der Waals surface area (Å²) in [6.07, 6.45) is 2.24. The maximum atomic E-state index is 12.5. The molecule has 2 aliphatic rings. The Bertz CT molecular complexity index is 671. The van der Waals surface area contributed by atoms with E-state index in [1.807, 2.05) is 0 Å². The number of fused-ring (bicyclic) bond motifs is 2. The molecule has 0 unspecified atom stereocenters. The molecule has 4 rings (SSSR count). The summed E-state index contributed by atoms with van der Waals surface area (Å²) in [6.45, 7) is 1.84. The highest BCUT2D eigenvalue weighted by Gasteiger charge is 2.34. The second-order valence-corrected chi connectivity index (χ2v) is 5.23. The van der Waals surface area contributed by atoms with Crippen molar-refractivity contribution in [3.8, 4) is 0 Å². The van der Waals surface area contributed by atoms with Crippen LogP contribution in [-0.4, -0.2) is 24.7 Å². The molecule has 1 fully saturated rings. The van der Waals surface area contributed by atoms with E-state index in [4.69, 9.17) is 4.42 Å². The van der Waals surface area contributed by atoms with Crippen LogP contribution in [0.5, 0.6) is 0 Å². The zero-order valence-electron chi connectivity index (χ0n) is 10.9. The van der Waals surface area contributed by atoms with Gasteiger partial charge < -0.3 is 9.32 Å². The van der Waals surface area contributed by atoms with Crippen molar-refractivity contribution < 1.29 is 14.0 Å². The normalized spacial score (nSPS) is 17.3. The zero-order valence-corrected chi connectivity index (χ0v) is 10.9. The lowest BCUT2D eigenvalue weighted by molar-refractivity contribution is 0.0961. The highest BCUT2D eigenvalue weighted by molar-refractivity contribution is 6.27. The molecule has 0 atom stereocenters. The van der Waals surface area contributed by atoms with Crippen molar-refractivity contribution in [2.45, 2.75) is 12.8 Å². The Morgan fingerprint density at radius 2 is 1.55 bits per heavy atom. The van der Waals surface area contributed by atoms with Gasteiger partial charge in [0.15, 0.2) is 17.4 Å².